The molecule has 0 amide bonds. The van der Waals surface area contributed by atoms with E-state index < -0.39 is 0 Å². The van der Waals surface area contributed by atoms with Crippen molar-refractivity contribution in [1.82, 2.24) is 0 Å². The number of benzene rings is 6. The Morgan fingerprint density at radius 1 is 0.444 bits per heavy atom. The predicted molar refractivity (Wildman–Crippen MR) is 156 cm³/mol. The summed E-state index contributed by atoms with van der Waals surface area (Å²) in [5, 5.41) is 5.10. The molecule has 0 bridgehead atoms. The standard InChI is InChI=1S/C35H29N/c1-25(2)36(30-17-7-15-28(23-30)34-21-9-13-26-11-3-5-19-32(26)34)31-18-8-16-29(24-31)35-22-10-14-27-12-4-6-20-33(27)35/h3-25H,1-2H3. The van der Waals surface area contributed by atoms with Gasteiger partial charge in [0.25, 0.3) is 0 Å². The second kappa shape index (κ2) is 9.36. The van der Waals surface area contributed by atoms with Crippen LogP contribution >= 0.6 is 0 Å². The fraction of sp³-hybridized carbons (Fsp3) is 0.0857. The van der Waals surface area contributed by atoms with Gasteiger partial charge in [0.2, 0.25) is 0 Å². The van der Waals surface area contributed by atoms with Crippen LogP contribution in [0.2, 0.25) is 0 Å². The number of anilines is 2. The maximum atomic E-state index is 2.43. The first-order valence-corrected chi connectivity index (χ1v) is 12.6. The summed E-state index contributed by atoms with van der Waals surface area (Å²) >= 11 is 0. The van der Waals surface area contributed by atoms with Gasteiger partial charge in [-0.15, -0.1) is 0 Å². The average molecular weight is 464 g/mol. The maximum Gasteiger partial charge on any atom is 0.0419 e. The number of rotatable bonds is 5. The summed E-state index contributed by atoms with van der Waals surface area (Å²) in [7, 11) is 0. The van der Waals surface area contributed by atoms with Gasteiger partial charge in [-0.05, 0) is 81.9 Å². The smallest absolute Gasteiger partial charge is 0.0419 e. The zero-order valence-electron chi connectivity index (χ0n) is 20.7. The second-order valence-electron chi connectivity index (χ2n) is 9.62. The zero-order chi connectivity index (χ0) is 24.5. The Balaban J connectivity index is 1.45. The molecule has 1 nitrogen and oxygen atoms in total. The third-order valence-electron chi connectivity index (χ3n) is 6.97. The van der Waals surface area contributed by atoms with Gasteiger partial charge in [0.15, 0.2) is 0 Å². The highest BCUT2D eigenvalue weighted by atomic mass is 15.2. The molecular weight excluding hydrogens is 434 g/mol. The first kappa shape index (κ1) is 22.1. The van der Waals surface area contributed by atoms with Crippen molar-refractivity contribution >= 4 is 32.9 Å². The number of hydrogen-bond donors (Lipinski definition) is 0. The molecule has 0 aromatic heterocycles. The van der Waals surface area contributed by atoms with Crippen molar-refractivity contribution in [2.75, 3.05) is 4.90 Å². The quantitative estimate of drug-likeness (QED) is 0.246. The Morgan fingerprint density at radius 2 is 0.861 bits per heavy atom. The Labute approximate surface area is 213 Å². The molecule has 0 aliphatic heterocycles. The van der Waals surface area contributed by atoms with E-state index in [4.69, 9.17) is 0 Å². The van der Waals surface area contributed by atoms with Crippen molar-refractivity contribution in [1.29, 1.82) is 0 Å². The Morgan fingerprint density at radius 3 is 1.33 bits per heavy atom. The first-order chi connectivity index (χ1) is 17.7. The molecule has 36 heavy (non-hydrogen) atoms. The van der Waals surface area contributed by atoms with Crippen LogP contribution in [0.25, 0.3) is 43.8 Å². The highest BCUT2D eigenvalue weighted by molar-refractivity contribution is 5.98. The number of nitrogens with zero attached hydrogens (tertiary/aromatic N) is 1. The summed E-state index contributed by atoms with van der Waals surface area (Å²) in [6.45, 7) is 4.52. The Kier molecular flexibility index (Phi) is 5.75. The normalized spacial score (nSPS) is 11.3. The van der Waals surface area contributed by atoms with Crippen LogP contribution < -0.4 is 4.90 Å². The highest BCUT2D eigenvalue weighted by Gasteiger charge is 2.16. The maximum absolute atomic E-state index is 2.43. The van der Waals surface area contributed by atoms with E-state index >= 15 is 0 Å². The average Bonchev–Trinajstić information content (AvgIpc) is 2.93. The molecule has 0 N–H and O–H groups in total. The second-order valence-corrected chi connectivity index (χ2v) is 9.62. The van der Waals surface area contributed by atoms with Gasteiger partial charge in [-0.25, -0.2) is 0 Å². The third-order valence-corrected chi connectivity index (χ3v) is 6.97. The van der Waals surface area contributed by atoms with Crippen LogP contribution in [0.15, 0.2) is 133 Å². The van der Waals surface area contributed by atoms with Gasteiger partial charge in [0, 0.05) is 17.4 Å². The molecular formula is C35H29N. The van der Waals surface area contributed by atoms with Crippen molar-refractivity contribution in [3.8, 4) is 22.3 Å². The minimum Gasteiger partial charge on any atom is -0.339 e. The number of hydrogen-bond acceptors (Lipinski definition) is 1. The number of fused-ring (bicyclic) bond motifs is 2. The first-order valence-electron chi connectivity index (χ1n) is 12.6. The summed E-state index contributed by atoms with van der Waals surface area (Å²) in [5.74, 6) is 0. The molecule has 0 radical (unpaired) electrons. The van der Waals surface area contributed by atoms with E-state index in [0.29, 0.717) is 6.04 Å². The molecule has 6 rings (SSSR count). The lowest BCUT2D eigenvalue weighted by Crippen LogP contribution is -2.25. The van der Waals surface area contributed by atoms with E-state index in [0.717, 1.165) is 0 Å². The topological polar surface area (TPSA) is 3.24 Å². The zero-order valence-corrected chi connectivity index (χ0v) is 20.7. The monoisotopic (exact) mass is 463 g/mol. The van der Waals surface area contributed by atoms with E-state index in [2.05, 4.69) is 152 Å². The molecule has 0 aliphatic carbocycles. The lowest BCUT2D eigenvalue weighted by Gasteiger charge is -2.30. The molecule has 0 unspecified atom stereocenters. The van der Waals surface area contributed by atoms with Gasteiger partial charge in [0.05, 0.1) is 0 Å². The van der Waals surface area contributed by atoms with Gasteiger partial charge in [-0.3, -0.25) is 0 Å². The molecule has 0 saturated carbocycles. The molecule has 0 spiro atoms. The summed E-state index contributed by atoms with van der Waals surface area (Å²) in [6, 6.07) is 48.5. The van der Waals surface area contributed by atoms with Crippen molar-refractivity contribution in [2.24, 2.45) is 0 Å². The van der Waals surface area contributed by atoms with Crippen LogP contribution in [0.4, 0.5) is 11.4 Å². The summed E-state index contributed by atoms with van der Waals surface area (Å²) in [5.41, 5.74) is 7.41. The summed E-state index contributed by atoms with van der Waals surface area (Å²) in [4.78, 5) is 2.43. The Hall–Kier alpha value is -4.36. The van der Waals surface area contributed by atoms with Gasteiger partial charge in [-0.2, -0.15) is 0 Å². The van der Waals surface area contributed by atoms with Crippen molar-refractivity contribution in [3.05, 3.63) is 133 Å². The van der Waals surface area contributed by atoms with E-state index in [9.17, 15) is 0 Å². The van der Waals surface area contributed by atoms with Crippen LogP contribution in [0.3, 0.4) is 0 Å². The predicted octanol–water partition coefficient (Wildman–Crippen LogP) is 9.87. The van der Waals surface area contributed by atoms with E-state index in [-0.39, 0.29) is 0 Å². The van der Waals surface area contributed by atoms with Gasteiger partial charge < -0.3 is 4.90 Å². The lowest BCUT2D eigenvalue weighted by molar-refractivity contribution is 0.789. The SMILES string of the molecule is CC(C)N(c1cccc(-c2cccc3ccccc23)c1)c1cccc(-c2cccc3ccccc23)c1. The van der Waals surface area contributed by atoms with Crippen LogP contribution in [-0.4, -0.2) is 6.04 Å². The minimum absolute atomic E-state index is 0.301. The molecule has 0 fully saturated rings. The van der Waals surface area contributed by atoms with Crippen molar-refractivity contribution < 1.29 is 0 Å². The van der Waals surface area contributed by atoms with Crippen LogP contribution in [0.5, 0.6) is 0 Å². The van der Waals surface area contributed by atoms with E-state index in [1.165, 1.54) is 55.2 Å². The van der Waals surface area contributed by atoms with Crippen LogP contribution in [-0.2, 0) is 0 Å². The molecule has 1 heteroatoms. The largest absolute Gasteiger partial charge is 0.339 e. The minimum atomic E-state index is 0.301. The summed E-state index contributed by atoms with van der Waals surface area (Å²) in [6.07, 6.45) is 0. The lowest BCUT2D eigenvalue weighted by atomic mass is 9.97. The van der Waals surface area contributed by atoms with Gasteiger partial charge in [0.1, 0.15) is 0 Å². The van der Waals surface area contributed by atoms with Crippen LogP contribution in [0, 0.1) is 0 Å². The molecule has 6 aromatic rings. The van der Waals surface area contributed by atoms with Crippen molar-refractivity contribution in [2.45, 2.75) is 19.9 Å². The molecule has 174 valence electrons. The third kappa shape index (κ3) is 4.03. The van der Waals surface area contributed by atoms with Crippen molar-refractivity contribution in [3.63, 3.8) is 0 Å². The molecule has 6 aromatic carbocycles. The summed E-state index contributed by atoms with van der Waals surface area (Å²) < 4.78 is 0. The molecule has 0 saturated heterocycles. The van der Waals surface area contributed by atoms with E-state index in [1.54, 1.807) is 0 Å². The molecule has 0 aliphatic rings. The van der Waals surface area contributed by atoms with E-state index in [1.807, 2.05) is 0 Å². The molecule has 0 atom stereocenters. The fourth-order valence-electron chi connectivity index (χ4n) is 5.35. The van der Waals surface area contributed by atoms with Gasteiger partial charge >= 0.3 is 0 Å². The fourth-order valence-corrected chi connectivity index (χ4v) is 5.35. The Bertz CT molecular complexity index is 1540. The molecule has 0 heterocycles. The van der Waals surface area contributed by atoms with Gasteiger partial charge in [-0.1, -0.05) is 109 Å². The van der Waals surface area contributed by atoms with Crippen LogP contribution in [0.1, 0.15) is 13.8 Å². The highest BCUT2D eigenvalue weighted by Crippen LogP contribution is 2.37.